The van der Waals surface area contributed by atoms with E-state index in [0.717, 1.165) is 0 Å². The number of hydrogen-bond donors (Lipinski definition) is 0. The van der Waals surface area contributed by atoms with Gasteiger partial charge in [-0.2, -0.15) is 13.2 Å². The molecule has 0 aliphatic carbocycles. The van der Waals surface area contributed by atoms with Crippen LogP contribution >= 0.6 is 11.6 Å². The number of benzene rings is 1. The highest BCUT2D eigenvalue weighted by Crippen LogP contribution is 2.24. The van der Waals surface area contributed by atoms with E-state index in [0.29, 0.717) is 0 Å². The molecule has 0 atom stereocenters. The van der Waals surface area contributed by atoms with Crippen molar-refractivity contribution in [2.24, 2.45) is 0 Å². The molecule has 1 aromatic rings. The van der Waals surface area contributed by atoms with Gasteiger partial charge in [-0.3, -0.25) is 4.79 Å². The second-order valence-electron chi connectivity index (χ2n) is 3.10. The smallest absolute Gasteiger partial charge is 0.422 e. The van der Waals surface area contributed by atoms with E-state index in [1.807, 2.05) is 0 Å². The van der Waals surface area contributed by atoms with Gasteiger partial charge in [-0.05, 0) is 25.1 Å². The Hall–Kier alpha value is -1.23. The van der Waals surface area contributed by atoms with Gasteiger partial charge in [0.1, 0.15) is 5.75 Å². The fraction of sp³-hybridized carbons (Fsp3) is 0.300. The molecule has 0 heterocycles. The minimum atomic E-state index is -4.40. The number of Topliss-reactive ketones (excluding diaryl/α,β-unsaturated/α-hetero) is 1. The van der Waals surface area contributed by atoms with E-state index in [1.165, 1.54) is 25.1 Å². The predicted octanol–water partition coefficient (Wildman–Crippen LogP) is 3.48. The van der Waals surface area contributed by atoms with Crippen LogP contribution < -0.4 is 4.74 Å². The Morgan fingerprint density at radius 2 is 2.06 bits per heavy atom. The van der Waals surface area contributed by atoms with Crippen LogP contribution in [0.5, 0.6) is 5.75 Å². The van der Waals surface area contributed by atoms with Gasteiger partial charge >= 0.3 is 6.18 Å². The van der Waals surface area contributed by atoms with E-state index in [9.17, 15) is 18.0 Å². The Bertz CT molecular complexity index is 402. The summed E-state index contributed by atoms with van der Waals surface area (Å²) in [5, 5.41) is 0.0761. The summed E-state index contributed by atoms with van der Waals surface area (Å²) in [6, 6.07) is 3.79. The van der Waals surface area contributed by atoms with Crippen molar-refractivity contribution >= 4 is 17.4 Å². The highest BCUT2D eigenvalue weighted by Gasteiger charge is 2.28. The van der Waals surface area contributed by atoms with Crippen molar-refractivity contribution in [3.05, 3.63) is 28.8 Å². The summed E-state index contributed by atoms with van der Waals surface area (Å²) >= 11 is 5.69. The summed E-state index contributed by atoms with van der Waals surface area (Å²) in [7, 11) is 0. The molecule has 0 fully saturated rings. The maximum absolute atomic E-state index is 11.8. The van der Waals surface area contributed by atoms with Gasteiger partial charge in [0.05, 0.1) is 5.02 Å². The third-order valence-corrected chi connectivity index (χ3v) is 2.04. The van der Waals surface area contributed by atoms with Crippen LogP contribution in [-0.2, 0) is 0 Å². The van der Waals surface area contributed by atoms with Crippen molar-refractivity contribution in [2.45, 2.75) is 13.1 Å². The Labute approximate surface area is 95.0 Å². The number of carbonyl (C=O) groups is 1. The molecule has 0 aliphatic heterocycles. The third kappa shape index (κ3) is 3.73. The van der Waals surface area contributed by atoms with Crippen molar-refractivity contribution in [1.82, 2.24) is 0 Å². The van der Waals surface area contributed by atoms with Crippen LogP contribution in [0.3, 0.4) is 0 Å². The topological polar surface area (TPSA) is 26.3 Å². The molecule has 0 saturated heterocycles. The van der Waals surface area contributed by atoms with Gasteiger partial charge in [0.25, 0.3) is 0 Å². The van der Waals surface area contributed by atoms with Crippen LogP contribution in [0.2, 0.25) is 5.02 Å². The minimum Gasteiger partial charge on any atom is -0.484 e. The number of alkyl halides is 3. The molecule has 88 valence electrons. The first-order valence-corrected chi connectivity index (χ1v) is 4.67. The highest BCUT2D eigenvalue weighted by atomic mass is 35.5. The fourth-order valence-corrected chi connectivity index (χ4v) is 1.34. The van der Waals surface area contributed by atoms with Crippen LogP contribution in [0, 0.1) is 0 Å². The van der Waals surface area contributed by atoms with E-state index >= 15 is 0 Å². The van der Waals surface area contributed by atoms with Crippen molar-refractivity contribution in [3.63, 3.8) is 0 Å². The van der Waals surface area contributed by atoms with Crippen LogP contribution in [0.15, 0.2) is 18.2 Å². The molecular formula is C10H8ClF3O2. The molecule has 0 N–H and O–H groups in total. The largest absolute Gasteiger partial charge is 0.484 e. The highest BCUT2D eigenvalue weighted by molar-refractivity contribution is 6.34. The third-order valence-electron chi connectivity index (χ3n) is 1.72. The number of ether oxygens (including phenoxy) is 1. The van der Waals surface area contributed by atoms with Crippen LogP contribution in [-0.4, -0.2) is 18.6 Å². The molecule has 0 aliphatic rings. The Balaban J connectivity index is 2.78. The fourth-order valence-electron chi connectivity index (χ4n) is 1.04. The number of ketones is 1. The maximum Gasteiger partial charge on any atom is 0.422 e. The molecule has 0 bridgehead atoms. The molecule has 0 radical (unpaired) electrons. The van der Waals surface area contributed by atoms with Crippen LogP contribution in [0.4, 0.5) is 13.2 Å². The molecule has 6 heteroatoms. The molecule has 0 saturated carbocycles. The number of carbonyl (C=O) groups excluding carboxylic acids is 1. The van der Waals surface area contributed by atoms with E-state index in [1.54, 1.807) is 0 Å². The average molecular weight is 253 g/mol. The van der Waals surface area contributed by atoms with Crippen molar-refractivity contribution in [1.29, 1.82) is 0 Å². The quantitative estimate of drug-likeness (QED) is 0.770. The van der Waals surface area contributed by atoms with E-state index < -0.39 is 12.8 Å². The molecule has 0 spiro atoms. The number of hydrogen-bond acceptors (Lipinski definition) is 2. The second-order valence-corrected chi connectivity index (χ2v) is 3.51. The Morgan fingerprint density at radius 1 is 1.44 bits per heavy atom. The van der Waals surface area contributed by atoms with Crippen molar-refractivity contribution in [2.75, 3.05) is 6.61 Å². The molecule has 0 aromatic heterocycles. The van der Waals surface area contributed by atoms with Crippen molar-refractivity contribution in [3.8, 4) is 5.75 Å². The van der Waals surface area contributed by atoms with Gasteiger partial charge in [0.15, 0.2) is 12.4 Å². The Kier molecular flexibility index (Phi) is 3.80. The summed E-state index contributed by atoms with van der Waals surface area (Å²) in [5.74, 6) is -0.278. The van der Waals surface area contributed by atoms with Gasteiger partial charge in [0, 0.05) is 5.56 Å². The molecular weight excluding hydrogens is 245 g/mol. The average Bonchev–Trinajstić information content (AvgIpc) is 2.13. The molecule has 1 aromatic carbocycles. The van der Waals surface area contributed by atoms with Gasteiger partial charge in [0.2, 0.25) is 0 Å². The zero-order chi connectivity index (χ0) is 12.3. The summed E-state index contributed by atoms with van der Waals surface area (Å²) in [6.45, 7) is -0.0692. The molecule has 16 heavy (non-hydrogen) atoms. The lowest BCUT2D eigenvalue weighted by Crippen LogP contribution is -2.19. The molecule has 0 amide bonds. The van der Waals surface area contributed by atoms with Gasteiger partial charge < -0.3 is 4.74 Å². The number of rotatable bonds is 3. The summed E-state index contributed by atoms with van der Waals surface area (Å²) < 4.78 is 40.0. The first kappa shape index (κ1) is 12.8. The molecule has 2 nitrogen and oxygen atoms in total. The minimum absolute atomic E-state index is 0.0210. The van der Waals surface area contributed by atoms with Gasteiger partial charge in [-0.25, -0.2) is 0 Å². The van der Waals surface area contributed by atoms with E-state index in [2.05, 4.69) is 4.74 Å². The molecule has 0 unspecified atom stereocenters. The lowest BCUT2D eigenvalue weighted by Gasteiger charge is -2.10. The normalized spacial score (nSPS) is 11.3. The van der Waals surface area contributed by atoms with Gasteiger partial charge in [-0.1, -0.05) is 11.6 Å². The van der Waals surface area contributed by atoms with Crippen LogP contribution in [0.25, 0.3) is 0 Å². The predicted molar refractivity (Wildman–Crippen MR) is 53.0 cm³/mol. The number of halogens is 4. The van der Waals surface area contributed by atoms with Gasteiger partial charge in [-0.15, -0.1) is 0 Å². The van der Waals surface area contributed by atoms with E-state index in [4.69, 9.17) is 11.6 Å². The van der Waals surface area contributed by atoms with Crippen LogP contribution in [0.1, 0.15) is 17.3 Å². The first-order valence-electron chi connectivity index (χ1n) is 4.29. The lowest BCUT2D eigenvalue weighted by molar-refractivity contribution is -0.153. The first-order chi connectivity index (χ1) is 7.29. The Morgan fingerprint density at radius 3 is 2.50 bits per heavy atom. The second kappa shape index (κ2) is 4.74. The summed E-state index contributed by atoms with van der Waals surface area (Å²) in [5.41, 5.74) is 0.251. The summed E-state index contributed by atoms with van der Waals surface area (Å²) in [4.78, 5) is 11.0. The zero-order valence-electron chi connectivity index (χ0n) is 8.27. The van der Waals surface area contributed by atoms with Crippen molar-refractivity contribution < 1.29 is 22.7 Å². The SMILES string of the molecule is CC(=O)c1ccc(OCC(F)(F)F)cc1Cl. The maximum atomic E-state index is 11.8. The lowest BCUT2D eigenvalue weighted by atomic mass is 10.1. The zero-order valence-corrected chi connectivity index (χ0v) is 9.02. The summed E-state index contributed by atoms with van der Waals surface area (Å²) in [6.07, 6.45) is -4.40. The van der Waals surface area contributed by atoms with E-state index in [-0.39, 0.29) is 22.1 Å². The standard InChI is InChI=1S/C10H8ClF3O2/c1-6(15)8-3-2-7(4-9(8)11)16-5-10(12,13)14/h2-4H,5H2,1H3. The monoisotopic (exact) mass is 252 g/mol. The molecule has 1 rings (SSSR count).